The molecule has 2 aliphatic rings. The van der Waals surface area contributed by atoms with Crippen molar-refractivity contribution < 1.29 is 14.6 Å². The second-order valence-electron chi connectivity index (χ2n) is 5.03. The predicted molar refractivity (Wildman–Crippen MR) is 64.9 cm³/mol. The number of fused-ring (bicyclic) bond motifs is 1. The second-order valence-corrected chi connectivity index (χ2v) is 5.03. The third-order valence-electron chi connectivity index (χ3n) is 4.05. The number of benzene rings is 1. The van der Waals surface area contributed by atoms with Gasteiger partial charge in [-0.15, -0.1) is 0 Å². The molecule has 0 amide bonds. The molecule has 0 unspecified atom stereocenters. The van der Waals surface area contributed by atoms with Crippen LogP contribution < -0.4 is 0 Å². The van der Waals surface area contributed by atoms with Crippen molar-refractivity contribution in [2.75, 3.05) is 0 Å². The molecule has 18 heavy (non-hydrogen) atoms. The molecule has 94 valence electrons. The Morgan fingerprint density at radius 3 is 2.78 bits per heavy atom. The van der Waals surface area contributed by atoms with Gasteiger partial charge >= 0.3 is 0 Å². The molecule has 1 N–H and O–H groups in total. The molecule has 0 saturated heterocycles. The van der Waals surface area contributed by atoms with E-state index in [0.717, 1.165) is 42.4 Å². The summed E-state index contributed by atoms with van der Waals surface area (Å²) in [6.07, 6.45) is 5.33. The standard InChI is InChI=1S/C14H15NO3/c16-9-15-14(5-1-2-6-14)13-11-8-18-7-10(11)3-4-12(13)17/h3-4,17H,1-2,5-8H2. The van der Waals surface area contributed by atoms with Gasteiger partial charge in [0.1, 0.15) is 11.3 Å². The van der Waals surface area contributed by atoms with E-state index >= 15 is 0 Å². The van der Waals surface area contributed by atoms with Crippen LogP contribution in [0, 0.1) is 0 Å². The van der Waals surface area contributed by atoms with Crippen molar-refractivity contribution in [2.45, 2.75) is 44.4 Å². The normalized spacial score (nSPS) is 20.4. The van der Waals surface area contributed by atoms with Crippen LogP contribution in [0.1, 0.15) is 42.4 Å². The topological polar surface area (TPSA) is 58.9 Å². The highest BCUT2D eigenvalue weighted by Gasteiger charge is 2.40. The van der Waals surface area contributed by atoms with Gasteiger partial charge in [-0.3, -0.25) is 0 Å². The lowest BCUT2D eigenvalue weighted by molar-refractivity contribution is 0.133. The van der Waals surface area contributed by atoms with Gasteiger partial charge in [0.05, 0.1) is 13.2 Å². The van der Waals surface area contributed by atoms with Crippen molar-refractivity contribution in [2.24, 2.45) is 4.99 Å². The summed E-state index contributed by atoms with van der Waals surface area (Å²) in [7, 11) is 0. The van der Waals surface area contributed by atoms with Gasteiger partial charge in [-0.2, -0.15) is 4.99 Å². The molecule has 1 aromatic carbocycles. The quantitative estimate of drug-likeness (QED) is 0.643. The molecule has 0 radical (unpaired) electrons. The lowest BCUT2D eigenvalue weighted by Gasteiger charge is -2.26. The summed E-state index contributed by atoms with van der Waals surface area (Å²) in [5.41, 5.74) is 2.31. The van der Waals surface area contributed by atoms with E-state index in [9.17, 15) is 9.90 Å². The number of nitrogens with zero attached hydrogens (tertiary/aromatic N) is 1. The lowest BCUT2D eigenvalue weighted by atomic mass is 9.83. The van der Waals surface area contributed by atoms with Crippen molar-refractivity contribution in [1.29, 1.82) is 0 Å². The summed E-state index contributed by atoms with van der Waals surface area (Å²) in [5.74, 6) is 0.222. The first-order valence-electron chi connectivity index (χ1n) is 6.28. The van der Waals surface area contributed by atoms with Gasteiger partial charge in [0.2, 0.25) is 6.08 Å². The maximum Gasteiger partial charge on any atom is 0.235 e. The summed E-state index contributed by atoms with van der Waals surface area (Å²) in [6.45, 7) is 1.07. The minimum Gasteiger partial charge on any atom is -0.508 e. The summed E-state index contributed by atoms with van der Waals surface area (Å²) in [6, 6.07) is 3.57. The third kappa shape index (κ3) is 1.57. The van der Waals surface area contributed by atoms with Gasteiger partial charge < -0.3 is 9.84 Å². The zero-order valence-corrected chi connectivity index (χ0v) is 10.1. The fourth-order valence-electron chi connectivity index (χ4n) is 3.23. The van der Waals surface area contributed by atoms with Crippen LogP contribution in [0.4, 0.5) is 0 Å². The van der Waals surface area contributed by atoms with Crippen molar-refractivity contribution in [1.82, 2.24) is 0 Å². The molecule has 1 fully saturated rings. The monoisotopic (exact) mass is 245 g/mol. The number of aliphatic imine (C=N–C) groups is 1. The van der Waals surface area contributed by atoms with Crippen molar-refractivity contribution in [3.05, 3.63) is 28.8 Å². The van der Waals surface area contributed by atoms with Crippen LogP contribution in [-0.2, 0) is 28.3 Å². The van der Waals surface area contributed by atoms with Gasteiger partial charge in [0.15, 0.2) is 0 Å². The maximum absolute atomic E-state index is 10.7. The van der Waals surface area contributed by atoms with Crippen molar-refractivity contribution >= 4 is 6.08 Å². The first-order chi connectivity index (χ1) is 8.77. The molecule has 4 nitrogen and oxygen atoms in total. The summed E-state index contributed by atoms with van der Waals surface area (Å²) < 4.78 is 5.44. The van der Waals surface area contributed by atoms with E-state index in [-0.39, 0.29) is 5.75 Å². The van der Waals surface area contributed by atoms with Crippen LogP contribution in [0.2, 0.25) is 0 Å². The molecule has 1 aliphatic heterocycles. The zero-order chi connectivity index (χ0) is 12.6. The van der Waals surface area contributed by atoms with Crippen LogP contribution in [0.15, 0.2) is 17.1 Å². The molecule has 0 bridgehead atoms. The smallest absolute Gasteiger partial charge is 0.235 e. The molecule has 1 aromatic rings. The van der Waals surface area contributed by atoms with Crippen molar-refractivity contribution in [3.8, 4) is 5.75 Å². The van der Waals surface area contributed by atoms with Crippen LogP contribution in [0.5, 0.6) is 5.75 Å². The Balaban J connectivity index is 2.21. The average Bonchev–Trinajstić information content (AvgIpc) is 2.98. The molecule has 0 atom stereocenters. The highest BCUT2D eigenvalue weighted by Crippen LogP contribution is 2.48. The van der Waals surface area contributed by atoms with Gasteiger partial charge in [-0.1, -0.05) is 18.9 Å². The fraction of sp³-hybridized carbons (Fsp3) is 0.500. The number of phenols is 1. The summed E-state index contributed by atoms with van der Waals surface area (Å²) in [5, 5.41) is 10.2. The number of hydrogen-bond acceptors (Lipinski definition) is 4. The Morgan fingerprint density at radius 2 is 2.06 bits per heavy atom. The maximum atomic E-state index is 10.7. The molecule has 0 aromatic heterocycles. The van der Waals surface area contributed by atoms with Gasteiger partial charge in [-0.05, 0) is 30.0 Å². The number of phenolic OH excluding ortho intramolecular Hbond substituents is 1. The average molecular weight is 245 g/mol. The first-order valence-corrected chi connectivity index (χ1v) is 6.28. The van der Waals surface area contributed by atoms with E-state index in [1.54, 1.807) is 12.1 Å². The van der Waals surface area contributed by atoms with Gasteiger partial charge in [0, 0.05) is 5.56 Å². The Kier molecular flexibility index (Phi) is 2.69. The van der Waals surface area contributed by atoms with Crippen LogP contribution in [0.25, 0.3) is 0 Å². The number of isocyanates is 1. The highest BCUT2D eigenvalue weighted by atomic mass is 16.5. The molecule has 1 saturated carbocycles. The number of hydrogen-bond donors (Lipinski definition) is 1. The molecule has 1 aliphatic carbocycles. The van der Waals surface area contributed by atoms with Crippen LogP contribution in [0.3, 0.4) is 0 Å². The molecule has 3 rings (SSSR count). The molecule has 0 spiro atoms. The summed E-state index contributed by atoms with van der Waals surface area (Å²) in [4.78, 5) is 14.8. The van der Waals surface area contributed by atoms with Crippen LogP contribution >= 0.6 is 0 Å². The van der Waals surface area contributed by atoms with E-state index in [1.807, 2.05) is 6.07 Å². The molecular weight excluding hydrogens is 230 g/mol. The highest BCUT2D eigenvalue weighted by molar-refractivity contribution is 5.51. The van der Waals surface area contributed by atoms with E-state index in [0.29, 0.717) is 13.2 Å². The zero-order valence-electron chi connectivity index (χ0n) is 10.1. The van der Waals surface area contributed by atoms with Crippen LogP contribution in [-0.4, -0.2) is 11.2 Å². The fourth-order valence-corrected chi connectivity index (χ4v) is 3.23. The third-order valence-corrected chi connectivity index (χ3v) is 4.05. The Labute approximate surface area is 105 Å². The SMILES string of the molecule is O=C=NC1(c2c(O)ccc3c2COC3)CCCC1. The summed E-state index contributed by atoms with van der Waals surface area (Å²) >= 11 is 0. The molecule has 4 heteroatoms. The number of ether oxygens (including phenoxy) is 1. The minimum absolute atomic E-state index is 0.222. The molecular formula is C14H15NO3. The Hall–Kier alpha value is -1.64. The first kappa shape index (κ1) is 11.5. The van der Waals surface area contributed by atoms with Gasteiger partial charge in [-0.25, -0.2) is 4.79 Å². The number of aromatic hydroxyl groups is 1. The van der Waals surface area contributed by atoms with Gasteiger partial charge in [0.25, 0.3) is 0 Å². The predicted octanol–water partition coefficient (Wildman–Crippen LogP) is 2.53. The second kappa shape index (κ2) is 4.23. The lowest BCUT2D eigenvalue weighted by Crippen LogP contribution is -2.21. The minimum atomic E-state index is -0.578. The van der Waals surface area contributed by atoms with E-state index < -0.39 is 5.54 Å². The van der Waals surface area contributed by atoms with E-state index in [4.69, 9.17) is 4.74 Å². The van der Waals surface area contributed by atoms with Crippen molar-refractivity contribution in [3.63, 3.8) is 0 Å². The number of carbonyl (C=O) groups excluding carboxylic acids is 1. The Bertz CT molecular complexity index is 526. The largest absolute Gasteiger partial charge is 0.508 e. The van der Waals surface area contributed by atoms with E-state index in [2.05, 4.69) is 4.99 Å². The Morgan fingerprint density at radius 1 is 1.28 bits per heavy atom. The number of rotatable bonds is 2. The molecule has 1 heterocycles. The van der Waals surface area contributed by atoms with E-state index in [1.165, 1.54) is 0 Å².